The second kappa shape index (κ2) is 10.8. The first-order valence-corrected chi connectivity index (χ1v) is 11.3. The van der Waals surface area contributed by atoms with E-state index in [1.807, 2.05) is 54.0 Å². The molecule has 1 aliphatic rings. The van der Waals surface area contributed by atoms with Gasteiger partial charge in [-0.15, -0.1) is 0 Å². The number of fused-ring (bicyclic) bond motifs is 1. The van der Waals surface area contributed by atoms with Crippen molar-refractivity contribution in [2.24, 2.45) is 0 Å². The van der Waals surface area contributed by atoms with E-state index in [9.17, 15) is 9.59 Å². The largest absolute Gasteiger partial charge is 0.353 e. The Kier molecular flexibility index (Phi) is 8.09. The number of nitrogens with one attached hydrogen (secondary N) is 1. The molecule has 0 saturated carbocycles. The zero-order valence-corrected chi connectivity index (χ0v) is 19.4. The van der Waals surface area contributed by atoms with E-state index >= 15 is 0 Å². The van der Waals surface area contributed by atoms with Gasteiger partial charge in [-0.2, -0.15) is 5.10 Å². The van der Waals surface area contributed by atoms with Crippen molar-refractivity contribution in [3.8, 4) is 11.3 Å². The summed E-state index contributed by atoms with van der Waals surface area (Å²) >= 11 is 6.01. The summed E-state index contributed by atoms with van der Waals surface area (Å²) in [6.45, 7) is 4.06. The smallest absolute Gasteiger partial charge is 0.272 e. The van der Waals surface area contributed by atoms with Crippen LogP contribution in [0.4, 0.5) is 0 Å². The van der Waals surface area contributed by atoms with Crippen LogP contribution >= 0.6 is 11.6 Å². The normalized spacial score (nSPS) is 16.0. The zero-order chi connectivity index (χ0) is 22.4. The summed E-state index contributed by atoms with van der Waals surface area (Å²) in [6, 6.07) is 9.34. The fraction of sp³-hybridized carbons (Fsp3) is 0.522. The summed E-state index contributed by atoms with van der Waals surface area (Å²) in [7, 11) is 3.92. The van der Waals surface area contributed by atoms with Crippen LogP contribution in [0.2, 0.25) is 5.02 Å². The van der Waals surface area contributed by atoms with Gasteiger partial charge in [0.15, 0.2) is 0 Å². The third-order valence-electron chi connectivity index (χ3n) is 5.52. The molecule has 1 aliphatic heterocycles. The van der Waals surface area contributed by atoms with Crippen molar-refractivity contribution in [1.82, 2.24) is 24.9 Å². The van der Waals surface area contributed by atoms with Crippen LogP contribution in [0.25, 0.3) is 11.3 Å². The summed E-state index contributed by atoms with van der Waals surface area (Å²) in [6.07, 6.45) is 4.25. The van der Waals surface area contributed by atoms with Crippen LogP contribution in [0, 0.1) is 0 Å². The molecule has 1 aromatic carbocycles. The van der Waals surface area contributed by atoms with E-state index < -0.39 is 0 Å². The number of carbonyl (C=O) groups is 2. The molecule has 1 N–H and O–H groups in total. The van der Waals surface area contributed by atoms with Crippen LogP contribution in [0.15, 0.2) is 30.3 Å². The molecule has 0 radical (unpaired) electrons. The van der Waals surface area contributed by atoms with Crippen LogP contribution in [0.1, 0.15) is 49.1 Å². The lowest BCUT2D eigenvalue weighted by Crippen LogP contribution is -2.48. The standard InChI is InChI=1S/C23H32ClN5O2/c1-4-5-6-7-19-15-28(16-22(30)25-12-13-27(2)3)23(31)21-14-20(26-29(19)21)17-8-10-18(24)11-9-17/h8-11,14,19H,4-7,12-13,15-16H2,1-3H3,(H,25,30). The van der Waals surface area contributed by atoms with Crippen LogP contribution in [-0.4, -0.2) is 71.7 Å². The predicted molar refractivity (Wildman–Crippen MR) is 123 cm³/mol. The molecule has 1 unspecified atom stereocenters. The van der Waals surface area contributed by atoms with Gasteiger partial charge in [0, 0.05) is 30.2 Å². The Morgan fingerprint density at radius 3 is 2.68 bits per heavy atom. The topological polar surface area (TPSA) is 70.5 Å². The lowest BCUT2D eigenvalue weighted by molar-refractivity contribution is -0.122. The minimum absolute atomic E-state index is 0.0647. The van der Waals surface area contributed by atoms with Crippen molar-refractivity contribution in [2.45, 2.75) is 38.6 Å². The van der Waals surface area contributed by atoms with E-state index in [2.05, 4.69) is 12.2 Å². The average Bonchev–Trinajstić information content (AvgIpc) is 3.17. The maximum Gasteiger partial charge on any atom is 0.272 e. The van der Waals surface area contributed by atoms with E-state index in [4.69, 9.17) is 16.7 Å². The first-order valence-electron chi connectivity index (χ1n) is 10.9. The molecule has 0 spiro atoms. The molecule has 31 heavy (non-hydrogen) atoms. The molecule has 8 heteroatoms. The summed E-state index contributed by atoms with van der Waals surface area (Å²) in [5.74, 6) is -0.282. The van der Waals surface area contributed by atoms with Gasteiger partial charge >= 0.3 is 0 Å². The van der Waals surface area contributed by atoms with Gasteiger partial charge in [-0.3, -0.25) is 14.3 Å². The molecule has 168 valence electrons. The van der Waals surface area contributed by atoms with E-state index in [-0.39, 0.29) is 24.4 Å². The number of hydrogen-bond donors (Lipinski definition) is 1. The van der Waals surface area contributed by atoms with Crippen molar-refractivity contribution in [1.29, 1.82) is 0 Å². The van der Waals surface area contributed by atoms with Gasteiger partial charge in [0.1, 0.15) is 5.69 Å². The Morgan fingerprint density at radius 2 is 2.00 bits per heavy atom. The number of nitrogens with zero attached hydrogens (tertiary/aromatic N) is 4. The molecule has 2 heterocycles. The fourth-order valence-corrected chi connectivity index (χ4v) is 3.92. The summed E-state index contributed by atoms with van der Waals surface area (Å²) < 4.78 is 1.86. The molecular formula is C23H32ClN5O2. The molecule has 0 fully saturated rings. The molecule has 0 bridgehead atoms. The number of amides is 2. The number of aromatic nitrogens is 2. The maximum absolute atomic E-state index is 13.2. The molecule has 7 nitrogen and oxygen atoms in total. The number of rotatable bonds is 10. The number of carbonyl (C=O) groups excluding carboxylic acids is 2. The monoisotopic (exact) mass is 445 g/mol. The van der Waals surface area contributed by atoms with Crippen LogP contribution in [0.5, 0.6) is 0 Å². The fourth-order valence-electron chi connectivity index (χ4n) is 3.80. The number of hydrogen-bond acceptors (Lipinski definition) is 4. The second-order valence-electron chi connectivity index (χ2n) is 8.35. The highest BCUT2D eigenvalue weighted by Crippen LogP contribution is 2.29. The van der Waals surface area contributed by atoms with Gasteiger partial charge in [-0.25, -0.2) is 0 Å². The average molecular weight is 446 g/mol. The number of likely N-dealkylation sites (N-methyl/N-ethyl adjacent to an activating group) is 1. The van der Waals surface area contributed by atoms with Gasteiger partial charge in [0.2, 0.25) is 5.91 Å². The van der Waals surface area contributed by atoms with Crippen molar-refractivity contribution in [3.05, 3.63) is 41.0 Å². The van der Waals surface area contributed by atoms with E-state index in [1.165, 1.54) is 0 Å². The Hall–Kier alpha value is -2.38. The van der Waals surface area contributed by atoms with Crippen molar-refractivity contribution >= 4 is 23.4 Å². The highest BCUT2D eigenvalue weighted by atomic mass is 35.5. The molecular weight excluding hydrogens is 414 g/mol. The van der Waals surface area contributed by atoms with Gasteiger partial charge < -0.3 is 15.1 Å². The number of halogens is 1. The summed E-state index contributed by atoms with van der Waals surface area (Å²) in [5, 5.41) is 8.32. The first-order chi connectivity index (χ1) is 14.9. The third kappa shape index (κ3) is 6.08. The highest BCUT2D eigenvalue weighted by molar-refractivity contribution is 6.30. The number of benzene rings is 1. The lowest BCUT2D eigenvalue weighted by Gasteiger charge is -2.33. The lowest BCUT2D eigenvalue weighted by atomic mass is 10.0. The first kappa shape index (κ1) is 23.3. The molecule has 0 saturated heterocycles. The predicted octanol–water partition coefficient (Wildman–Crippen LogP) is 3.46. The Bertz CT molecular complexity index is 894. The quantitative estimate of drug-likeness (QED) is 0.568. The SMILES string of the molecule is CCCCCC1CN(CC(=O)NCCN(C)C)C(=O)c2cc(-c3ccc(Cl)cc3)nn21. The second-order valence-corrected chi connectivity index (χ2v) is 8.79. The van der Waals surface area contributed by atoms with Crippen molar-refractivity contribution < 1.29 is 9.59 Å². The molecule has 3 rings (SSSR count). The van der Waals surface area contributed by atoms with Crippen LogP contribution in [0.3, 0.4) is 0 Å². The van der Waals surface area contributed by atoms with Crippen molar-refractivity contribution in [2.75, 3.05) is 40.3 Å². The van der Waals surface area contributed by atoms with Gasteiger partial charge in [-0.1, -0.05) is 49.9 Å². The Balaban J connectivity index is 1.79. The molecule has 1 aromatic heterocycles. The third-order valence-corrected chi connectivity index (χ3v) is 5.77. The van der Waals surface area contributed by atoms with Gasteiger partial charge in [0.05, 0.1) is 18.3 Å². The molecule has 2 amide bonds. The van der Waals surface area contributed by atoms with E-state index in [1.54, 1.807) is 4.90 Å². The summed E-state index contributed by atoms with van der Waals surface area (Å²) in [4.78, 5) is 29.2. The van der Waals surface area contributed by atoms with Crippen molar-refractivity contribution in [3.63, 3.8) is 0 Å². The maximum atomic E-state index is 13.2. The van der Waals surface area contributed by atoms with Crippen LogP contribution < -0.4 is 5.32 Å². The minimum Gasteiger partial charge on any atom is -0.353 e. The van der Waals surface area contributed by atoms with Gasteiger partial charge in [-0.05, 0) is 38.7 Å². The zero-order valence-electron chi connectivity index (χ0n) is 18.6. The number of unbranched alkanes of at least 4 members (excludes halogenated alkanes) is 2. The summed E-state index contributed by atoms with van der Waals surface area (Å²) in [5.41, 5.74) is 2.20. The molecule has 0 aliphatic carbocycles. The molecule has 1 atom stereocenters. The molecule has 2 aromatic rings. The Labute approximate surface area is 189 Å². The Morgan fingerprint density at radius 1 is 1.26 bits per heavy atom. The van der Waals surface area contributed by atoms with E-state index in [0.29, 0.717) is 23.8 Å². The highest BCUT2D eigenvalue weighted by Gasteiger charge is 2.33. The van der Waals surface area contributed by atoms with Crippen LogP contribution in [-0.2, 0) is 4.79 Å². The minimum atomic E-state index is -0.151. The van der Waals surface area contributed by atoms with Gasteiger partial charge in [0.25, 0.3) is 5.91 Å². The van der Waals surface area contributed by atoms with E-state index in [0.717, 1.165) is 43.5 Å².